The summed E-state index contributed by atoms with van der Waals surface area (Å²) >= 11 is 0. The van der Waals surface area contributed by atoms with Crippen molar-refractivity contribution in [2.45, 2.75) is 20.0 Å². The summed E-state index contributed by atoms with van der Waals surface area (Å²) < 4.78 is 64.8. The largest absolute Gasteiger partial charge is 0.448 e. The van der Waals surface area contributed by atoms with Crippen molar-refractivity contribution in [2.24, 2.45) is 0 Å². The number of hydrogen-bond acceptors (Lipinski definition) is 1. The maximum absolute atomic E-state index is 11.0. The quantitative estimate of drug-likeness (QED) is 0.708. The van der Waals surface area contributed by atoms with Crippen LogP contribution in [0.1, 0.15) is 13.8 Å². The lowest BCUT2D eigenvalue weighted by Gasteiger charge is -1.98. The Hall–Kier alpha value is -0.720. The average molecular weight is 223 g/mol. The third-order valence-electron chi connectivity index (χ3n) is 0.915. The molecule has 86 valence electrons. The lowest BCUT2D eigenvalue weighted by Crippen LogP contribution is -2.09. The fourth-order valence-corrected chi connectivity index (χ4v) is 0.357. The van der Waals surface area contributed by atoms with Gasteiger partial charge in [0.15, 0.2) is 0 Å². The van der Waals surface area contributed by atoms with E-state index in [0.717, 1.165) is 13.1 Å². The van der Waals surface area contributed by atoms with E-state index in [-0.39, 0.29) is 0 Å². The molecule has 0 amide bonds. The summed E-state index contributed by atoms with van der Waals surface area (Å²) in [6, 6.07) is 0. The molecule has 0 unspecified atom stereocenters. The van der Waals surface area contributed by atoms with Crippen LogP contribution >= 0.6 is 0 Å². The van der Waals surface area contributed by atoms with Crippen LogP contribution in [0.5, 0.6) is 0 Å². The van der Waals surface area contributed by atoms with Gasteiger partial charge in [-0.15, -0.1) is 0 Å². The van der Waals surface area contributed by atoms with Crippen molar-refractivity contribution in [3.05, 3.63) is 11.9 Å². The standard InChI is InChI=1S/C4H11N.C3F6/c1-3-5-4-2;4-1(2(5)6)3(7,8)9/h5H,3-4H2,1-2H3;. The van der Waals surface area contributed by atoms with Crippen LogP contribution < -0.4 is 5.32 Å². The Morgan fingerprint density at radius 3 is 1.36 bits per heavy atom. The smallest absolute Gasteiger partial charge is 0.317 e. The maximum Gasteiger partial charge on any atom is 0.448 e. The van der Waals surface area contributed by atoms with Crippen molar-refractivity contribution >= 4 is 0 Å². The molecule has 0 saturated carbocycles. The van der Waals surface area contributed by atoms with Crippen molar-refractivity contribution < 1.29 is 26.3 Å². The number of halogens is 6. The lowest BCUT2D eigenvalue weighted by atomic mass is 10.6. The second-order valence-corrected chi connectivity index (χ2v) is 2.03. The monoisotopic (exact) mass is 223 g/mol. The Bertz CT molecular complexity index is 168. The molecule has 0 heterocycles. The molecule has 1 nitrogen and oxygen atoms in total. The first-order valence-corrected chi connectivity index (χ1v) is 3.76. The van der Waals surface area contributed by atoms with E-state index >= 15 is 0 Å². The molecule has 0 aliphatic rings. The van der Waals surface area contributed by atoms with E-state index in [0.29, 0.717) is 0 Å². The van der Waals surface area contributed by atoms with Crippen LogP contribution in [0.15, 0.2) is 11.9 Å². The molecule has 0 aromatic carbocycles. The highest BCUT2D eigenvalue weighted by molar-refractivity contribution is 4.98. The Labute approximate surface area is 77.8 Å². The van der Waals surface area contributed by atoms with E-state index < -0.39 is 18.1 Å². The van der Waals surface area contributed by atoms with Gasteiger partial charge in [0.25, 0.3) is 5.83 Å². The molecule has 0 rings (SSSR count). The molecule has 0 spiro atoms. The van der Waals surface area contributed by atoms with Crippen molar-refractivity contribution in [1.29, 1.82) is 0 Å². The Kier molecular flexibility index (Phi) is 8.61. The summed E-state index contributed by atoms with van der Waals surface area (Å²) in [6.45, 7) is 6.39. The van der Waals surface area contributed by atoms with E-state index in [2.05, 4.69) is 19.2 Å². The second kappa shape index (κ2) is 7.66. The number of hydrogen-bond donors (Lipinski definition) is 1. The van der Waals surface area contributed by atoms with Gasteiger partial charge in [0.05, 0.1) is 0 Å². The highest BCUT2D eigenvalue weighted by Crippen LogP contribution is 2.29. The molecule has 1 N–H and O–H groups in total. The molecule has 0 aromatic heterocycles. The molecular formula is C7H11F6N. The van der Waals surface area contributed by atoms with Gasteiger partial charge in [-0.3, -0.25) is 0 Å². The first-order valence-electron chi connectivity index (χ1n) is 3.76. The van der Waals surface area contributed by atoms with Gasteiger partial charge in [-0.1, -0.05) is 13.8 Å². The summed E-state index contributed by atoms with van der Waals surface area (Å²) in [5.41, 5.74) is 0. The van der Waals surface area contributed by atoms with Crippen LogP contribution in [0.25, 0.3) is 0 Å². The molecule has 0 atom stereocenters. The highest BCUT2D eigenvalue weighted by atomic mass is 19.4. The Morgan fingerprint density at radius 2 is 1.36 bits per heavy atom. The number of alkyl halides is 3. The summed E-state index contributed by atoms with van der Waals surface area (Å²) in [4.78, 5) is 0. The molecule has 0 fully saturated rings. The molecular weight excluding hydrogens is 212 g/mol. The van der Waals surface area contributed by atoms with Crippen LogP contribution in [-0.4, -0.2) is 19.3 Å². The van der Waals surface area contributed by atoms with Gasteiger partial charge in [-0.05, 0) is 13.1 Å². The minimum Gasteiger partial charge on any atom is -0.317 e. The van der Waals surface area contributed by atoms with Crippen LogP contribution in [0.3, 0.4) is 0 Å². The van der Waals surface area contributed by atoms with Gasteiger partial charge >= 0.3 is 12.3 Å². The second-order valence-electron chi connectivity index (χ2n) is 2.03. The van der Waals surface area contributed by atoms with Gasteiger partial charge in [0.1, 0.15) is 0 Å². The summed E-state index contributed by atoms with van der Waals surface area (Å²) in [6.07, 6.45) is -8.90. The first-order chi connectivity index (χ1) is 6.27. The minimum atomic E-state index is -5.56. The number of nitrogens with one attached hydrogen (secondary N) is 1. The fraction of sp³-hybridized carbons (Fsp3) is 0.714. The van der Waals surface area contributed by atoms with Crippen molar-refractivity contribution in [3.63, 3.8) is 0 Å². The predicted molar refractivity (Wildman–Crippen MR) is 40.6 cm³/mol. The van der Waals surface area contributed by atoms with Crippen molar-refractivity contribution in [3.8, 4) is 0 Å². The molecule has 0 aromatic rings. The summed E-state index contributed by atoms with van der Waals surface area (Å²) in [5, 5.41) is 3.11. The van der Waals surface area contributed by atoms with E-state index in [1.54, 1.807) is 0 Å². The Morgan fingerprint density at radius 1 is 1.00 bits per heavy atom. The molecule has 0 radical (unpaired) electrons. The SMILES string of the molecule is CCNCC.FC(F)=C(F)C(F)(F)F. The summed E-state index contributed by atoms with van der Waals surface area (Å²) in [5.74, 6) is -3.33. The molecule has 0 aliphatic carbocycles. The molecule has 0 aliphatic heterocycles. The molecule has 0 saturated heterocycles. The van der Waals surface area contributed by atoms with Crippen LogP contribution in [0.2, 0.25) is 0 Å². The predicted octanol–water partition coefficient (Wildman–Crippen LogP) is 3.24. The molecule has 14 heavy (non-hydrogen) atoms. The topological polar surface area (TPSA) is 12.0 Å². The third-order valence-corrected chi connectivity index (χ3v) is 0.915. The van der Waals surface area contributed by atoms with E-state index in [1.165, 1.54) is 0 Å². The van der Waals surface area contributed by atoms with Gasteiger partial charge in [0, 0.05) is 0 Å². The normalized spacial score (nSPS) is 10.3. The summed E-state index contributed by atoms with van der Waals surface area (Å²) in [7, 11) is 0. The highest BCUT2D eigenvalue weighted by Gasteiger charge is 2.38. The van der Waals surface area contributed by atoms with Gasteiger partial charge < -0.3 is 5.32 Å². The van der Waals surface area contributed by atoms with Crippen molar-refractivity contribution in [1.82, 2.24) is 5.32 Å². The zero-order valence-corrected chi connectivity index (χ0v) is 7.68. The Balaban J connectivity index is 0. The van der Waals surface area contributed by atoms with Gasteiger partial charge in [-0.25, -0.2) is 0 Å². The van der Waals surface area contributed by atoms with Crippen LogP contribution in [0.4, 0.5) is 26.3 Å². The number of allylic oxidation sites excluding steroid dienone is 1. The van der Waals surface area contributed by atoms with Gasteiger partial charge in [0.2, 0.25) is 0 Å². The van der Waals surface area contributed by atoms with E-state index in [4.69, 9.17) is 0 Å². The van der Waals surface area contributed by atoms with Crippen LogP contribution in [-0.2, 0) is 0 Å². The fourth-order valence-electron chi connectivity index (χ4n) is 0.357. The molecule has 7 heteroatoms. The van der Waals surface area contributed by atoms with Crippen LogP contribution in [0, 0.1) is 0 Å². The van der Waals surface area contributed by atoms with Gasteiger partial charge in [-0.2, -0.15) is 26.3 Å². The van der Waals surface area contributed by atoms with Crippen molar-refractivity contribution in [2.75, 3.05) is 13.1 Å². The number of rotatable bonds is 2. The van der Waals surface area contributed by atoms with E-state index in [1.807, 2.05) is 0 Å². The zero-order valence-electron chi connectivity index (χ0n) is 7.68. The third kappa shape index (κ3) is 9.37. The zero-order chi connectivity index (χ0) is 11.8. The average Bonchev–Trinajstić information content (AvgIpc) is 2.04. The minimum absolute atomic E-state index is 1.09. The molecule has 0 bridgehead atoms. The lowest BCUT2D eigenvalue weighted by molar-refractivity contribution is -0.113. The van der Waals surface area contributed by atoms with E-state index in [9.17, 15) is 26.3 Å². The maximum atomic E-state index is 11.0. The first kappa shape index (κ1) is 15.7.